The van der Waals surface area contributed by atoms with E-state index in [0.717, 1.165) is 38.4 Å². The van der Waals surface area contributed by atoms with Gasteiger partial charge in [0.25, 0.3) is 0 Å². The third-order valence-electron chi connectivity index (χ3n) is 4.41. The number of carbonyl (C=O) groups excluding carboxylic acids is 1. The molecule has 1 rings (SSSR count). The molecule has 1 saturated heterocycles. The second kappa shape index (κ2) is 11.3. The van der Waals surface area contributed by atoms with Crippen LogP contribution in [-0.4, -0.2) is 81.2 Å². The fraction of sp³-hybridized carbons (Fsp3) is 0.882. The van der Waals surface area contributed by atoms with Crippen molar-refractivity contribution in [2.24, 2.45) is 10.9 Å². The van der Waals surface area contributed by atoms with Crippen LogP contribution in [0.15, 0.2) is 4.99 Å². The van der Waals surface area contributed by atoms with Crippen molar-refractivity contribution in [2.45, 2.75) is 38.8 Å². The van der Waals surface area contributed by atoms with Gasteiger partial charge in [-0.05, 0) is 45.7 Å². The molecule has 0 saturated carbocycles. The van der Waals surface area contributed by atoms with Crippen molar-refractivity contribution >= 4 is 11.9 Å². The molecule has 0 spiro atoms. The average molecular weight is 379 g/mol. The molecular formula is C17H32F3N5O. The van der Waals surface area contributed by atoms with Crippen LogP contribution in [0.4, 0.5) is 13.2 Å². The summed E-state index contributed by atoms with van der Waals surface area (Å²) in [6.07, 6.45) is -1.15. The Labute approximate surface area is 154 Å². The van der Waals surface area contributed by atoms with E-state index in [0.29, 0.717) is 31.8 Å². The Hall–Kier alpha value is -1.51. The summed E-state index contributed by atoms with van der Waals surface area (Å²) >= 11 is 0. The van der Waals surface area contributed by atoms with E-state index in [1.165, 1.54) is 11.9 Å². The maximum absolute atomic E-state index is 12.3. The number of nitrogens with one attached hydrogen (secondary N) is 2. The zero-order valence-electron chi connectivity index (χ0n) is 16.0. The van der Waals surface area contributed by atoms with Crippen LogP contribution in [0.3, 0.4) is 0 Å². The summed E-state index contributed by atoms with van der Waals surface area (Å²) in [5, 5.41) is 5.91. The number of hydrogen-bond acceptors (Lipinski definition) is 3. The van der Waals surface area contributed by atoms with Gasteiger partial charge in [0.2, 0.25) is 5.91 Å². The second-order valence-electron chi connectivity index (χ2n) is 6.75. The highest BCUT2D eigenvalue weighted by Gasteiger charge is 2.28. The third-order valence-corrected chi connectivity index (χ3v) is 4.41. The molecule has 0 bridgehead atoms. The van der Waals surface area contributed by atoms with Gasteiger partial charge in [0, 0.05) is 39.6 Å². The summed E-state index contributed by atoms with van der Waals surface area (Å²) in [5.41, 5.74) is 0. The van der Waals surface area contributed by atoms with Crippen LogP contribution in [-0.2, 0) is 4.79 Å². The standard InChI is InChI=1S/C17H32F3N5O/c1-4-22-16(23-8-5-9-24(3)13-17(18,19)20)25-10-6-14(7-11-25)12-15(26)21-2/h14H,4-13H2,1-3H3,(H,21,26)(H,22,23). The van der Waals surface area contributed by atoms with E-state index in [4.69, 9.17) is 0 Å². The van der Waals surface area contributed by atoms with Gasteiger partial charge in [0.1, 0.15) is 0 Å². The Bertz CT molecular complexity index is 448. The predicted octanol–water partition coefficient (Wildman–Crippen LogP) is 1.68. The van der Waals surface area contributed by atoms with Crippen LogP contribution in [0.1, 0.15) is 32.6 Å². The minimum atomic E-state index is -4.16. The largest absolute Gasteiger partial charge is 0.401 e. The highest BCUT2D eigenvalue weighted by Crippen LogP contribution is 2.20. The molecule has 1 heterocycles. The summed E-state index contributed by atoms with van der Waals surface area (Å²) in [6.45, 7) is 4.35. The number of likely N-dealkylation sites (tertiary alicyclic amines) is 1. The number of rotatable bonds is 8. The van der Waals surface area contributed by atoms with Crippen molar-refractivity contribution in [3.63, 3.8) is 0 Å². The van der Waals surface area contributed by atoms with Crippen molar-refractivity contribution < 1.29 is 18.0 Å². The molecule has 1 aliphatic rings. The SMILES string of the molecule is CCNC(=NCCCN(C)CC(F)(F)F)N1CCC(CC(=O)NC)CC1. The van der Waals surface area contributed by atoms with E-state index in [9.17, 15) is 18.0 Å². The lowest BCUT2D eigenvalue weighted by atomic mass is 9.93. The van der Waals surface area contributed by atoms with Gasteiger partial charge >= 0.3 is 6.18 Å². The van der Waals surface area contributed by atoms with Gasteiger partial charge in [-0.25, -0.2) is 0 Å². The second-order valence-corrected chi connectivity index (χ2v) is 6.75. The first-order valence-corrected chi connectivity index (χ1v) is 9.24. The molecule has 0 aromatic heterocycles. The average Bonchev–Trinajstić information content (AvgIpc) is 2.56. The molecule has 2 N–H and O–H groups in total. The zero-order valence-corrected chi connectivity index (χ0v) is 16.0. The van der Waals surface area contributed by atoms with Crippen LogP contribution >= 0.6 is 0 Å². The van der Waals surface area contributed by atoms with Crippen molar-refractivity contribution in [3.05, 3.63) is 0 Å². The number of hydrogen-bond donors (Lipinski definition) is 2. The summed E-state index contributed by atoms with van der Waals surface area (Å²) in [5.74, 6) is 1.28. The van der Waals surface area contributed by atoms with Crippen LogP contribution in [0.25, 0.3) is 0 Å². The summed E-state index contributed by atoms with van der Waals surface area (Å²) < 4.78 is 36.9. The summed E-state index contributed by atoms with van der Waals surface area (Å²) in [6, 6.07) is 0. The van der Waals surface area contributed by atoms with E-state index in [1.54, 1.807) is 7.05 Å². The van der Waals surface area contributed by atoms with E-state index in [-0.39, 0.29) is 5.91 Å². The van der Waals surface area contributed by atoms with Gasteiger partial charge in [-0.3, -0.25) is 14.7 Å². The van der Waals surface area contributed by atoms with E-state index in [1.807, 2.05) is 6.92 Å². The molecule has 1 amide bonds. The Kier molecular flexibility index (Phi) is 9.75. The smallest absolute Gasteiger partial charge is 0.359 e. The number of nitrogens with zero attached hydrogens (tertiary/aromatic N) is 3. The summed E-state index contributed by atoms with van der Waals surface area (Å²) in [7, 11) is 3.12. The lowest BCUT2D eigenvalue weighted by Crippen LogP contribution is -2.46. The maximum Gasteiger partial charge on any atom is 0.401 e. The highest BCUT2D eigenvalue weighted by atomic mass is 19.4. The number of amides is 1. The predicted molar refractivity (Wildman–Crippen MR) is 97.1 cm³/mol. The molecule has 0 aliphatic carbocycles. The van der Waals surface area contributed by atoms with Crippen molar-refractivity contribution in [2.75, 3.05) is 53.4 Å². The van der Waals surface area contributed by atoms with Crippen LogP contribution in [0.5, 0.6) is 0 Å². The number of halogens is 3. The molecule has 6 nitrogen and oxygen atoms in total. The molecule has 152 valence electrons. The first-order valence-electron chi connectivity index (χ1n) is 9.24. The molecule has 0 aromatic carbocycles. The van der Waals surface area contributed by atoms with E-state index in [2.05, 4.69) is 20.5 Å². The molecule has 1 fully saturated rings. The number of guanidine groups is 1. The van der Waals surface area contributed by atoms with Gasteiger partial charge < -0.3 is 15.5 Å². The van der Waals surface area contributed by atoms with Gasteiger partial charge in [-0.1, -0.05) is 0 Å². The molecule has 0 unspecified atom stereocenters. The molecule has 1 aliphatic heterocycles. The van der Waals surface area contributed by atoms with E-state index < -0.39 is 12.7 Å². The van der Waals surface area contributed by atoms with Crippen LogP contribution in [0.2, 0.25) is 0 Å². The Morgan fingerprint density at radius 2 is 1.96 bits per heavy atom. The minimum absolute atomic E-state index is 0.0759. The molecule has 26 heavy (non-hydrogen) atoms. The lowest BCUT2D eigenvalue weighted by molar-refractivity contribution is -0.143. The number of piperidine rings is 1. The number of aliphatic imine (C=N–C) groups is 1. The van der Waals surface area contributed by atoms with Gasteiger partial charge in [-0.2, -0.15) is 13.2 Å². The minimum Gasteiger partial charge on any atom is -0.359 e. The summed E-state index contributed by atoms with van der Waals surface area (Å²) in [4.78, 5) is 19.5. The van der Waals surface area contributed by atoms with Crippen LogP contribution < -0.4 is 10.6 Å². The lowest BCUT2D eigenvalue weighted by Gasteiger charge is -2.34. The van der Waals surface area contributed by atoms with Crippen molar-refractivity contribution in [3.8, 4) is 0 Å². The Morgan fingerprint density at radius 1 is 1.31 bits per heavy atom. The quantitative estimate of drug-likeness (QED) is 0.383. The molecular weight excluding hydrogens is 347 g/mol. The number of alkyl halides is 3. The third kappa shape index (κ3) is 9.26. The van der Waals surface area contributed by atoms with Crippen LogP contribution in [0, 0.1) is 5.92 Å². The highest BCUT2D eigenvalue weighted by molar-refractivity contribution is 5.80. The first kappa shape index (κ1) is 22.5. The van der Waals surface area contributed by atoms with Crippen molar-refractivity contribution in [1.82, 2.24) is 20.4 Å². The monoisotopic (exact) mass is 379 g/mol. The topological polar surface area (TPSA) is 60.0 Å². The molecule has 0 radical (unpaired) electrons. The fourth-order valence-electron chi connectivity index (χ4n) is 3.05. The van der Waals surface area contributed by atoms with E-state index >= 15 is 0 Å². The first-order chi connectivity index (χ1) is 12.2. The van der Waals surface area contributed by atoms with Gasteiger partial charge in [0.05, 0.1) is 6.54 Å². The van der Waals surface area contributed by atoms with Crippen molar-refractivity contribution in [1.29, 1.82) is 0 Å². The number of carbonyl (C=O) groups is 1. The van der Waals surface area contributed by atoms with Gasteiger partial charge in [-0.15, -0.1) is 0 Å². The molecule has 9 heteroatoms. The Morgan fingerprint density at radius 3 is 2.50 bits per heavy atom. The molecule has 0 aromatic rings. The maximum atomic E-state index is 12.3. The Balaban J connectivity index is 2.41. The zero-order chi connectivity index (χ0) is 19.6. The normalized spacial score (nSPS) is 16.9. The molecule has 0 atom stereocenters. The van der Waals surface area contributed by atoms with Gasteiger partial charge in [0.15, 0.2) is 5.96 Å². The fourth-order valence-corrected chi connectivity index (χ4v) is 3.05.